The molecule has 27 heavy (non-hydrogen) atoms. The Labute approximate surface area is 153 Å². The van der Waals surface area contributed by atoms with E-state index in [1.54, 1.807) is 33.7 Å². The molecule has 0 unspecified atom stereocenters. The highest BCUT2D eigenvalue weighted by molar-refractivity contribution is 5.93. The molecule has 5 rings (SSSR count). The summed E-state index contributed by atoms with van der Waals surface area (Å²) in [4.78, 5) is 27.3. The van der Waals surface area contributed by atoms with Crippen LogP contribution in [0.15, 0.2) is 41.2 Å². The van der Waals surface area contributed by atoms with Crippen molar-refractivity contribution in [1.82, 2.24) is 29.5 Å². The first-order valence-corrected chi connectivity index (χ1v) is 8.96. The van der Waals surface area contributed by atoms with E-state index in [1.807, 2.05) is 6.07 Å². The predicted molar refractivity (Wildman–Crippen MR) is 94.4 cm³/mol. The van der Waals surface area contributed by atoms with Gasteiger partial charge < -0.3 is 14.6 Å². The van der Waals surface area contributed by atoms with Gasteiger partial charge in [-0.25, -0.2) is 0 Å². The maximum Gasteiger partial charge on any atom is 0.272 e. The number of nitrogens with zero attached hydrogens (tertiary/aromatic N) is 6. The average Bonchev–Trinajstić information content (AvgIpc) is 3.17. The number of carbonyl (C=O) groups excluding carboxylic acids is 1. The lowest BCUT2D eigenvalue weighted by Crippen LogP contribution is -2.52. The summed E-state index contributed by atoms with van der Waals surface area (Å²) >= 11 is 0. The van der Waals surface area contributed by atoms with Gasteiger partial charge in [-0.3, -0.25) is 9.59 Å². The monoisotopic (exact) mass is 366 g/mol. The van der Waals surface area contributed by atoms with Gasteiger partial charge in [0.05, 0.1) is 12.6 Å². The number of fused-ring (bicyclic) bond motifs is 5. The number of hydrogen-bond acceptors (Lipinski definition) is 6. The van der Waals surface area contributed by atoms with E-state index in [2.05, 4.69) is 15.5 Å². The Hall–Kier alpha value is -3.07. The number of aromatic nitrogens is 5. The number of pyridine rings is 2. The molecule has 3 aromatic heterocycles. The Kier molecular flexibility index (Phi) is 3.57. The van der Waals surface area contributed by atoms with Crippen molar-refractivity contribution in [3.05, 3.63) is 58.1 Å². The van der Waals surface area contributed by atoms with E-state index in [1.165, 1.54) is 10.6 Å². The Bertz CT molecular complexity index is 1090. The van der Waals surface area contributed by atoms with Gasteiger partial charge in [0.1, 0.15) is 5.69 Å². The van der Waals surface area contributed by atoms with Crippen molar-refractivity contribution in [3.8, 4) is 0 Å². The fraction of sp³-hybridized carbons (Fsp3) is 0.389. The standard InChI is InChI=1S/C18H18N6O3/c25-10-15-12-7-11(13-3-2-6-17(26)23(13)15)8-22(9-12)18(27)14-4-1-5-16-19-20-21-24(14)16/h1-6,11-12,15,25H,7-10H2/t11-,12+,15+/m1/s1. The second kappa shape index (κ2) is 5.98. The van der Waals surface area contributed by atoms with E-state index in [0.717, 1.165) is 12.1 Å². The summed E-state index contributed by atoms with van der Waals surface area (Å²) in [5, 5.41) is 21.4. The molecule has 0 radical (unpaired) electrons. The fourth-order valence-electron chi connectivity index (χ4n) is 4.53. The number of aliphatic hydroxyl groups excluding tert-OH is 1. The van der Waals surface area contributed by atoms with Crippen molar-refractivity contribution in [2.24, 2.45) is 5.92 Å². The van der Waals surface area contributed by atoms with Crippen molar-refractivity contribution in [1.29, 1.82) is 0 Å². The van der Waals surface area contributed by atoms with Gasteiger partial charge in [0.25, 0.3) is 11.5 Å². The Morgan fingerprint density at radius 2 is 2.04 bits per heavy atom. The van der Waals surface area contributed by atoms with Crippen molar-refractivity contribution >= 4 is 11.6 Å². The molecule has 1 fully saturated rings. The van der Waals surface area contributed by atoms with Crippen LogP contribution >= 0.6 is 0 Å². The average molecular weight is 366 g/mol. The summed E-state index contributed by atoms with van der Waals surface area (Å²) in [6, 6.07) is 10.1. The number of likely N-dealkylation sites (tertiary alicyclic amines) is 1. The molecular weight excluding hydrogens is 348 g/mol. The summed E-state index contributed by atoms with van der Waals surface area (Å²) in [7, 11) is 0. The molecule has 1 amide bonds. The third-order valence-corrected chi connectivity index (χ3v) is 5.71. The van der Waals surface area contributed by atoms with Gasteiger partial charge in [0.2, 0.25) is 0 Å². The van der Waals surface area contributed by atoms with Gasteiger partial charge >= 0.3 is 0 Å². The summed E-state index contributed by atoms with van der Waals surface area (Å²) in [5.41, 5.74) is 1.71. The molecule has 3 aromatic rings. The Morgan fingerprint density at radius 3 is 2.89 bits per heavy atom. The highest BCUT2D eigenvalue weighted by Crippen LogP contribution is 2.41. The van der Waals surface area contributed by atoms with Crippen LogP contribution in [0.25, 0.3) is 5.65 Å². The van der Waals surface area contributed by atoms with Gasteiger partial charge in [-0.1, -0.05) is 12.1 Å². The number of tetrazole rings is 1. The van der Waals surface area contributed by atoms with Crippen LogP contribution in [-0.4, -0.2) is 60.2 Å². The van der Waals surface area contributed by atoms with Gasteiger partial charge in [-0.2, -0.15) is 4.52 Å². The molecule has 2 aliphatic heterocycles. The number of carbonyl (C=O) groups is 1. The summed E-state index contributed by atoms with van der Waals surface area (Å²) in [5.74, 6) is -0.0538. The Balaban J connectivity index is 1.54. The maximum atomic E-state index is 13.2. The van der Waals surface area contributed by atoms with Crippen LogP contribution in [0.5, 0.6) is 0 Å². The minimum Gasteiger partial charge on any atom is -0.394 e. The topological polar surface area (TPSA) is 106 Å². The van der Waals surface area contributed by atoms with Crippen LogP contribution in [0, 0.1) is 5.92 Å². The van der Waals surface area contributed by atoms with Gasteiger partial charge in [-0.05, 0) is 35.0 Å². The first-order valence-electron chi connectivity index (χ1n) is 8.96. The SMILES string of the molecule is O=C(c1cccc2nnnn12)N1C[C@H]2C[C@@H](C1)[C@H](CO)n1c2cccc1=O. The Morgan fingerprint density at radius 1 is 1.19 bits per heavy atom. The molecule has 1 saturated heterocycles. The van der Waals surface area contributed by atoms with Crippen molar-refractivity contribution in [2.75, 3.05) is 19.7 Å². The van der Waals surface area contributed by atoms with E-state index in [-0.39, 0.29) is 36.0 Å². The quantitative estimate of drug-likeness (QED) is 0.689. The molecular formula is C18H18N6O3. The van der Waals surface area contributed by atoms with E-state index in [9.17, 15) is 14.7 Å². The summed E-state index contributed by atoms with van der Waals surface area (Å²) < 4.78 is 3.15. The number of amides is 1. The molecule has 0 aromatic carbocycles. The minimum atomic E-state index is -0.315. The van der Waals surface area contributed by atoms with Crippen LogP contribution in [-0.2, 0) is 0 Å². The smallest absolute Gasteiger partial charge is 0.272 e. The van der Waals surface area contributed by atoms with Crippen LogP contribution in [0.1, 0.15) is 34.6 Å². The third-order valence-electron chi connectivity index (χ3n) is 5.71. The first-order chi connectivity index (χ1) is 13.2. The third kappa shape index (κ3) is 2.38. The second-order valence-electron chi connectivity index (χ2n) is 7.17. The summed E-state index contributed by atoms with van der Waals surface area (Å²) in [6.07, 6.45) is 0.855. The molecule has 0 aliphatic carbocycles. The van der Waals surface area contributed by atoms with Gasteiger partial charge in [0, 0.05) is 36.7 Å². The molecule has 2 bridgehead atoms. The van der Waals surface area contributed by atoms with Crippen molar-refractivity contribution < 1.29 is 9.90 Å². The minimum absolute atomic E-state index is 0.0263. The lowest BCUT2D eigenvalue weighted by atomic mass is 9.78. The molecule has 0 spiro atoms. The van der Waals surface area contributed by atoms with Crippen molar-refractivity contribution in [3.63, 3.8) is 0 Å². The van der Waals surface area contributed by atoms with Crippen LogP contribution in [0.4, 0.5) is 0 Å². The highest BCUT2D eigenvalue weighted by Gasteiger charge is 2.41. The second-order valence-corrected chi connectivity index (χ2v) is 7.17. The molecule has 0 saturated carbocycles. The number of aliphatic hydroxyl groups is 1. The van der Waals surface area contributed by atoms with E-state index < -0.39 is 0 Å². The van der Waals surface area contributed by atoms with E-state index >= 15 is 0 Å². The highest BCUT2D eigenvalue weighted by atomic mass is 16.3. The zero-order valence-electron chi connectivity index (χ0n) is 14.5. The summed E-state index contributed by atoms with van der Waals surface area (Å²) in [6.45, 7) is 0.883. The lowest BCUT2D eigenvalue weighted by Gasteiger charge is -2.46. The number of rotatable bonds is 2. The molecule has 1 N–H and O–H groups in total. The zero-order valence-corrected chi connectivity index (χ0v) is 14.5. The maximum absolute atomic E-state index is 13.2. The molecule has 9 nitrogen and oxygen atoms in total. The van der Waals surface area contributed by atoms with Crippen LogP contribution in [0.2, 0.25) is 0 Å². The van der Waals surface area contributed by atoms with Crippen molar-refractivity contribution in [2.45, 2.75) is 18.4 Å². The molecule has 5 heterocycles. The predicted octanol–water partition coefficient (Wildman–Crippen LogP) is 0.0789. The zero-order chi connectivity index (χ0) is 18.5. The van der Waals surface area contributed by atoms with Crippen LogP contribution in [0.3, 0.4) is 0 Å². The van der Waals surface area contributed by atoms with E-state index in [4.69, 9.17) is 0 Å². The van der Waals surface area contributed by atoms with Gasteiger partial charge in [0.15, 0.2) is 5.65 Å². The lowest BCUT2D eigenvalue weighted by molar-refractivity contribution is 0.0430. The normalized spacial score (nSPS) is 24.0. The van der Waals surface area contributed by atoms with E-state index in [0.29, 0.717) is 24.4 Å². The molecule has 9 heteroatoms. The number of piperidine rings is 1. The van der Waals surface area contributed by atoms with Crippen LogP contribution < -0.4 is 5.56 Å². The molecule has 138 valence electrons. The largest absolute Gasteiger partial charge is 0.394 e. The molecule has 3 atom stereocenters. The van der Waals surface area contributed by atoms with Gasteiger partial charge in [-0.15, -0.1) is 5.10 Å². The first kappa shape index (κ1) is 16.1. The fourth-order valence-corrected chi connectivity index (χ4v) is 4.53. The molecule has 2 aliphatic rings. The number of hydrogen-bond donors (Lipinski definition) is 1.